The predicted molar refractivity (Wildman–Crippen MR) is 112 cm³/mol. The van der Waals surface area contributed by atoms with Crippen molar-refractivity contribution in [2.24, 2.45) is 0 Å². The Morgan fingerprint density at radius 2 is 1.88 bits per heavy atom. The van der Waals surface area contributed by atoms with Crippen molar-refractivity contribution < 1.29 is 38.0 Å². The van der Waals surface area contributed by atoms with Gasteiger partial charge < -0.3 is 20.3 Å². The van der Waals surface area contributed by atoms with Gasteiger partial charge in [-0.3, -0.25) is 4.79 Å². The molecule has 8 nitrogen and oxygen atoms in total. The van der Waals surface area contributed by atoms with Crippen LogP contribution in [-0.4, -0.2) is 33.1 Å². The van der Waals surface area contributed by atoms with Crippen LogP contribution in [0.3, 0.4) is 0 Å². The van der Waals surface area contributed by atoms with Crippen LogP contribution in [0.4, 0.5) is 18.9 Å². The van der Waals surface area contributed by atoms with Crippen molar-refractivity contribution in [3.63, 3.8) is 0 Å². The van der Waals surface area contributed by atoms with E-state index in [1.54, 1.807) is 29.8 Å². The molecule has 0 saturated heterocycles. The molecule has 0 radical (unpaired) electrons. The summed E-state index contributed by atoms with van der Waals surface area (Å²) in [5.74, 6) is -2.42. The van der Waals surface area contributed by atoms with Crippen molar-refractivity contribution in [2.75, 3.05) is 5.32 Å². The summed E-state index contributed by atoms with van der Waals surface area (Å²) in [6, 6.07) is 12.3. The van der Waals surface area contributed by atoms with Crippen molar-refractivity contribution in [2.45, 2.75) is 19.0 Å². The van der Waals surface area contributed by atoms with E-state index in [0.29, 0.717) is 5.69 Å². The zero-order valence-corrected chi connectivity index (χ0v) is 17.8. The molecule has 33 heavy (non-hydrogen) atoms. The van der Waals surface area contributed by atoms with E-state index in [4.69, 9.17) is 9.90 Å². The van der Waals surface area contributed by atoms with E-state index in [9.17, 15) is 23.1 Å². The van der Waals surface area contributed by atoms with Gasteiger partial charge in [0, 0.05) is 17.1 Å². The molecule has 2 aromatic carbocycles. The second kappa shape index (κ2) is 9.69. The molecule has 4 rings (SSSR count). The molecular formula is C21H17F3N4O4S. The van der Waals surface area contributed by atoms with Crippen LogP contribution >= 0.6 is 11.3 Å². The Kier molecular flexibility index (Phi) is 6.97. The molecule has 0 spiro atoms. The number of aromatic nitrogens is 3. The molecule has 2 heterocycles. The number of H-pyrrole nitrogens is 2. The number of amides is 1. The predicted octanol–water partition coefficient (Wildman–Crippen LogP) is 2.85. The normalized spacial score (nSPS) is 12.0. The molecule has 0 aliphatic heterocycles. The first-order chi connectivity index (χ1) is 15.5. The fraction of sp³-hybridized carbons (Fsp3) is 0.143. The number of phenols is 1. The summed E-state index contributed by atoms with van der Waals surface area (Å²) in [4.78, 5) is 32.2. The molecule has 4 aromatic rings. The number of anilines is 1. The number of alkyl halides is 3. The molecule has 0 fully saturated rings. The highest BCUT2D eigenvalue weighted by molar-refractivity contribution is 7.07. The maximum atomic E-state index is 12.5. The van der Waals surface area contributed by atoms with Crippen LogP contribution in [0.1, 0.15) is 18.4 Å². The summed E-state index contributed by atoms with van der Waals surface area (Å²) in [5, 5.41) is 23.1. The smallest absolute Gasteiger partial charge is 0.430 e. The van der Waals surface area contributed by atoms with Crippen LogP contribution in [0.15, 0.2) is 53.4 Å². The van der Waals surface area contributed by atoms with Crippen LogP contribution in [0.2, 0.25) is 0 Å². The molecule has 1 unspecified atom stereocenters. The van der Waals surface area contributed by atoms with Crippen molar-refractivity contribution in [1.82, 2.24) is 9.97 Å². The van der Waals surface area contributed by atoms with Gasteiger partial charge in [0.05, 0.1) is 11.4 Å². The van der Waals surface area contributed by atoms with Crippen molar-refractivity contribution in [1.29, 1.82) is 0 Å². The fourth-order valence-corrected chi connectivity index (χ4v) is 3.31. The van der Waals surface area contributed by atoms with Gasteiger partial charge in [0.15, 0.2) is 16.7 Å². The number of aromatic hydroxyl groups is 1. The lowest BCUT2D eigenvalue weighted by atomic mass is 10.0. The van der Waals surface area contributed by atoms with Crippen LogP contribution in [0.25, 0.3) is 22.6 Å². The molecule has 0 saturated carbocycles. The number of phenolic OH excluding ortho intramolecular Hbond substituents is 1. The monoisotopic (exact) mass is 478 g/mol. The molecule has 0 bridgehead atoms. The van der Waals surface area contributed by atoms with Crippen molar-refractivity contribution >= 4 is 39.9 Å². The number of carboxylic acids is 1. The zero-order chi connectivity index (χ0) is 24.2. The lowest BCUT2D eigenvalue weighted by Crippen LogP contribution is -2.37. The van der Waals surface area contributed by atoms with Gasteiger partial charge in [-0.05, 0) is 36.8 Å². The molecule has 4 N–H and O–H groups in total. The quantitative estimate of drug-likeness (QED) is 0.415. The summed E-state index contributed by atoms with van der Waals surface area (Å²) in [6.45, 7) is 1.84. The minimum Gasteiger partial charge on any atom is -0.542 e. The highest BCUT2D eigenvalue weighted by Crippen LogP contribution is 2.23. The first-order valence-corrected chi connectivity index (χ1v) is 10.3. The number of nitrogens with one attached hydrogen (secondary N) is 3. The maximum absolute atomic E-state index is 12.5. The third-order valence-electron chi connectivity index (χ3n) is 4.51. The van der Waals surface area contributed by atoms with Gasteiger partial charge in [-0.2, -0.15) is 13.2 Å². The molecule has 1 amide bonds. The third-order valence-corrected chi connectivity index (χ3v) is 5.10. The van der Waals surface area contributed by atoms with E-state index in [0.717, 1.165) is 28.1 Å². The standard InChI is InChI=1S/C19H16N4O2S.C2HF3O2/c1-11(12-2-5-14(24)6-3-12)19(25)21-13-4-7-15-16(8-13)23-18(22-15)17-9-26-10-20-17;3-2(4,5)1(6)7/h2-11,24H,1H3,(H,21,25)(H,22,23);(H,6,7). The number of halogens is 3. The van der Waals surface area contributed by atoms with E-state index in [1.165, 1.54) is 11.3 Å². The zero-order valence-electron chi connectivity index (χ0n) is 16.9. The summed E-state index contributed by atoms with van der Waals surface area (Å²) in [5.41, 5.74) is 6.04. The minimum absolute atomic E-state index is 0.106. The van der Waals surface area contributed by atoms with Crippen LogP contribution in [-0.2, 0) is 9.59 Å². The Morgan fingerprint density at radius 3 is 2.45 bits per heavy atom. The largest absolute Gasteiger partial charge is 0.542 e. The van der Waals surface area contributed by atoms with Gasteiger partial charge >= 0.3 is 12.0 Å². The summed E-state index contributed by atoms with van der Waals surface area (Å²) < 4.78 is 31.5. The van der Waals surface area contributed by atoms with Crippen LogP contribution in [0.5, 0.6) is 5.75 Å². The molecule has 0 aliphatic carbocycles. The van der Waals surface area contributed by atoms with E-state index >= 15 is 0 Å². The topological polar surface area (TPSA) is 132 Å². The van der Waals surface area contributed by atoms with Gasteiger partial charge in [-0.25, -0.2) is 15.0 Å². The lowest BCUT2D eigenvalue weighted by molar-refractivity contribution is -0.344. The van der Waals surface area contributed by atoms with Gasteiger partial charge in [0.25, 0.3) is 0 Å². The Hall–Kier alpha value is -3.93. The highest BCUT2D eigenvalue weighted by Gasteiger charge is 2.28. The number of thiazole rings is 1. The number of carbonyl (C=O) groups excluding carboxylic acids is 2. The molecular weight excluding hydrogens is 461 g/mol. The SMILES string of the molecule is CC(C(=O)Nc1ccc2[nH+]c(-c3cscn3)[nH]c2c1)c1ccc(O)cc1.O=C([O-])C(F)(F)F. The van der Waals surface area contributed by atoms with Crippen LogP contribution < -0.4 is 15.4 Å². The van der Waals surface area contributed by atoms with Gasteiger partial charge in [0.2, 0.25) is 5.91 Å². The number of aliphatic carboxylic acids is 1. The summed E-state index contributed by atoms with van der Waals surface area (Å²) >= 11 is 1.53. The van der Waals surface area contributed by atoms with Crippen LogP contribution in [0, 0.1) is 0 Å². The average molecular weight is 478 g/mol. The second-order valence-corrected chi connectivity index (χ2v) is 7.57. The Bertz CT molecular complexity index is 1250. The van der Waals surface area contributed by atoms with E-state index in [1.807, 2.05) is 30.5 Å². The lowest BCUT2D eigenvalue weighted by Gasteiger charge is -2.12. The third kappa shape index (κ3) is 6.07. The first-order valence-electron chi connectivity index (χ1n) is 9.36. The summed E-state index contributed by atoms with van der Waals surface area (Å²) in [6.07, 6.45) is -5.19. The number of rotatable bonds is 4. The maximum Gasteiger partial charge on any atom is 0.430 e. The number of hydrogen-bond donors (Lipinski definition) is 3. The van der Waals surface area contributed by atoms with Gasteiger partial charge in [-0.1, -0.05) is 12.1 Å². The van der Waals surface area contributed by atoms with Crippen molar-refractivity contribution in [3.05, 3.63) is 58.9 Å². The van der Waals surface area contributed by atoms with Crippen molar-refractivity contribution in [3.8, 4) is 17.3 Å². The highest BCUT2D eigenvalue weighted by atomic mass is 32.1. The van der Waals surface area contributed by atoms with Gasteiger partial charge in [-0.15, -0.1) is 11.3 Å². The minimum atomic E-state index is -5.19. The molecule has 0 aliphatic rings. The molecule has 172 valence electrons. The number of carbonyl (C=O) groups is 2. The summed E-state index contributed by atoms with van der Waals surface area (Å²) in [7, 11) is 0. The molecule has 2 aromatic heterocycles. The first kappa shape index (κ1) is 23.7. The number of imidazole rings is 1. The molecule has 1 atom stereocenters. The van der Waals surface area contributed by atoms with E-state index in [-0.39, 0.29) is 17.6 Å². The number of fused-ring (bicyclic) bond motifs is 1. The fourth-order valence-electron chi connectivity index (χ4n) is 2.76. The Balaban J connectivity index is 0.000000383. The number of aromatic amines is 2. The Labute approximate surface area is 188 Å². The Morgan fingerprint density at radius 1 is 1.21 bits per heavy atom. The average Bonchev–Trinajstić information content (AvgIpc) is 3.43. The van der Waals surface area contributed by atoms with E-state index in [2.05, 4.69) is 20.3 Å². The number of nitrogens with zero attached hydrogens (tertiary/aromatic N) is 1. The second-order valence-electron chi connectivity index (χ2n) is 6.85. The van der Waals surface area contributed by atoms with Gasteiger partial charge in [0.1, 0.15) is 11.7 Å². The molecule has 12 heteroatoms. The number of benzene rings is 2. The van der Waals surface area contributed by atoms with E-state index < -0.39 is 12.1 Å². The number of carboxylic acid groups (broad SMARTS) is 1. The number of hydrogen-bond acceptors (Lipinski definition) is 6.